The van der Waals surface area contributed by atoms with Crippen LogP contribution in [0.4, 0.5) is 0 Å². The predicted molar refractivity (Wildman–Crippen MR) is 51.8 cm³/mol. The molecule has 1 heteroatoms. The highest BCUT2D eigenvalue weighted by Crippen LogP contribution is 2.15. The molecule has 0 spiro atoms. The van der Waals surface area contributed by atoms with Gasteiger partial charge >= 0.3 is 0 Å². The van der Waals surface area contributed by atoms with Gasteiger partial charge in [0.2, 0.25) is 0 Å². The van der Waals surface area contributed by atoms with Crippen molar-refractivity contribution in [3.05, 3.63) is 0 Å². The zero-order valence-electron chi connectivity index (χ0n) is 7.27. The van der Waals surface area contributed by atoms with Gasteiger partial charge in [0.05, 0.1) is 0 Å². The van der Waals surface area contributed by atoms with Gasteiger partial charge in [-0.25, -0.2) is 0 Å². The van der Waals surface area contributed by atoms with Crippen LogP contribution in [-0.2, 0) is 0 Å². The second-order valence-electron chi connectivity index (χ2n) is 2.90. The molecule has 0 saturated carbocycles. The van der Waals surface area contributed by atoms with E-state index in [0.29, 0.717) is 0 Å². The Bertz CT molecular complexity index is 57.7. The lowest BCUT2D eigenvalue weighted by Crippen LogP contribution is -1.96. The summed E-state index contributed by atoms with van der Waals surface area (Å²) in [7, 11) is 0. The first kappa shape index (κ1) is 10.3. The highest BCUT2D eigenvalue weighted by atomic mass is 32.1. The summed E-state index contributed by atoms with van der Waals surface area (Å²) in [6.45, 7) is 4.57. The van der Waals surface area contributed by atoms with E-state index in [2.05, 4.69) is 26.5 Å². The maximum Gasteiger partial charge on any atom is -0.00979 e. The highest BCUT2D eigenvalue weighted by molar-refractivity contribution is 7.80. The number of thiol groups is 1. The topological polar surface area (TPSA) is 0 Å². The van der Waals surface area contributed by atoms with Crippen LogP contribution in [0.2, 0.25) is 0 Å². The van der Waals surface area contributed by atoms with Crippen LogP contribution < -0.4 is 0 Å². The molecule has 0 rings (SSSR count). The van der Waals surface area contributed by atoms with Gasteiger partial charge in [-0.2, -0.15) is 12.6 Å². The van der Waals surface area contributed by atoms with Gasteiger partial charge in [-0.1, -0.05) is 39.5 Å². The van der Waals surface area contributed by atoms with Crippen LogP contribution in [0.25, 0.3) is 0 Å². The molecule has 0 aliphatic rings. The van der Waals surface area contributed by atoms with Gasteiger partial charge in [-0.15, -0.1) is 0 Å². The first-order chi connectivity index (χ1) is 4.85. The van der Waals surface area contributed by atoms with E-state index in [9.17, 15) is 0 Å². The Morgan fingerprint density at radius 2 is 1.70 bits per heavy atom. The number of hydrogen-bond donors (Lipinski definition) is 1. The SMILES string of the molecule is CCC(CC)CCCCS. The zero-order chi connectivity index (χ0) is 7.82. The summed E-state index contributed by atoms with van der Waals surface area (Å²) in [5.41, 5.74) is 0. The minimum atomic E-state index is 0.972. The van der Waals surface area contributed by atoms with E-state index in [-0.39, 0.29) is 0 Å². The summed E-state index contributed by atoms with van der Waals surface area (Å²) in [6, 6.07) is 0. The third-order valence-electron chi connectivity index (χ3n) is 2.18. The lowest BCUT2D eigenvalue weighted by atomic mass is 9.97. The maximum absolute atomic E-state index is 4.18. The second kappa shape index (κ2) is 7.46. The molecule has 0 nitrogen and oxygen atoms in total. The normalized spacial score (nSPS) is 10.8. The van der Waals surface area contributed by atoms with Crippen LogP contribution >= 0.6 is 12.6 Å². The van der Waals surface area contributed by atoms with E-state index in [4.69, 9.17) is 0 Å². The summed E-state index contributed by atoms with van der Waals surface area (Å²) in [5.74, 6) is 2.03. The van der Waals surface area contributed by atoms with E-state index in [1.54, 1.807) is 0 Å². The number of unbranched alkanes of at least 4 members (excludes halogenated alkanes) is 1. The van der Waals surface area contributed by atoms with Crippen molar-refractivity contribution in [2.45, 2.75) is 46.0 Å². The van der Waals surface area contributed by atoms with Crippen LogP contribution in [0.15, 0.2) is 0 Å². The van der Waals surface area contributed by atoms with Crippen LogP contribution in [0.5, 0.6) is 0 Å². The van der Waals surface area contributed by atoms with Crippen LogP contribution in [-0.4, -0.2) is 5.75 Å². The highest BCUT2D eigenvalue weighted by Gasteiger charge is 2.00. The molecule has 0 aromatic carbocycles. The van der Waals surface area contributed by atoms with Gasteiger partial charge < -0.3 is 0 Å². The molecule has 0 aromatic rings. The molecular weight excluding hydrogens is 140 g/mol. The van der Waals surface area contributed by atoms with E-state index in [1.165, 1.54) is 32.1 Å². The molecule has 0 bridgehead atoms. The summed E-state index contributed by atoms with van der Waals surface area (Å²) in [5, 5.41) is 0. The first-order valence-electron chi connectivity index (χ1n) is 4.46. The van der Waals surface area contributed by atoms with Gasteiger partial charge in [0, 0.05) is 0 Å². The Hall–Kier alpha value is 0.350. The van der Waals surface area contributed by atoms with Gasteiger partial charge in [0.1, 0.15) is 0 Å². The Balaban J connectivity index is 3.09. The first-order valence-corrected chi connectivity index (χ1v) is 5.09. The standard InChI is InChI=1S/C9H20S/c1-3-9(4-2)7-5-6-8-10/h9-10H,3-8H2,1-2H3. The Kier molecular flexibility index (Phi) is 7.72. The molecule has 0 aliphatic heterocycles. The number of hydrogen-bond acceptors (Lipinski definition) is 1. The smallest absolute Gasteiger partial charge is 0.00979 e. The molecule has 62 valence electrons. The van der Waals surface area contributed by atoms with Crippen LogP contribution in [0.3, 0.4) is 0 Å². The van der Waals surface area contributed by atoms with Gasteiger partial charge in [-0.3, -0.25) is 0 Å². The van der Waals surface area contributed by atoms with E-state index in [0.717, 1.165) is 11.7 Å². The minimum absolute atomic E-state index is 0.972. The minimum Gasteiger partial charge on any atom is -0.179 e. The molecule has 0 aliphatic carbocycles. The monoisotopic (exact) mass is 160 g/mol. The fraction of sp³-hybridized carbons (Fsp3) is 1.00. The van der Waals surface area contributed by atoms with Crippen molar-refractivity contribution in [1.82, 2.24) is 0 Å². The van der Waals surface area contributed by atoms with Crippen molar-refractivity contribution in [2.75, 3.05) is 5.75 Å². The lowest BCUT2D eigenvalue weighted by Gasteiger charge is -2.10. The Morgan fingerprint density at radius 1 is 1.10 bits per heavy atom. The van der Waals surface area contributed by atoms with Crippen molar-refractivity contribution in [3.63, 3.8) is 0 Å². The summed E-state index contributed by atoms with van der Waals surface area (Å²) in [6.07, 6.45) is 6.77. The molecule has 0 unspecified atom stereocenters. The van der Waals surface area contributed by atoms with Gasteiger partial charge in [-0.05, 0) is 18.1 Å². The second-order valence-corrected chi connectivity index (χ2v) is 3.35. The van der Waals surface area contributed by atoms with Crippen molar-refractivity contribution in [1.29, 1.82) is 0 Å². The summed E-state index contributed by atoms with van der Waals surface area (Å²) in [4.78, 5) is 0. The van der Waals surface area contributed by atoms with E-state index < -0.39 is 0 Å². The molecule has 0 radical (unpaired) electrons. The van der Waals surface area contributed by atoms with Crippen LogP contribution in [0.1, 0.15) is 46.0 Å². The molecule has 0 atom stereocenters. The van der Waals surface area contributed by atoms with Gasteiger partial charge in [0.15, 0.2) is 0 Å². The molecule has 0 heterocycles. The number of rotatable bonds is 6. The molecule has 0 aromatic heterocycles. The maximum atomic E-state index is 4.18. The molecule has 0 N–H and O–H groups in total. The van der Waals surface area contributed by atoms with Crippen molar-refractivity contribution < 1.29 is 0 Å². The van der Waals surface area contributed by atoms with Crippen molar-refractivity contribution >= 4 is 12.6 Å². The quantitative estimate of drug-likeness (QED) is 0.446. The largest absolute Gasteiger partial charge is 0.179 e. The lowest BCUT2D eigenvalue weighted by molar-refractivity contribution is 0.439. The Morgan fingerprint density at radius 3 is 2.10 bits per heavy atom. The van der Waals surface area contributed by atoms with E-state index in [1.807, 2.05) is 0 Å². The molecular formula is C9H20S. The average molecular weight is 160 g/mol. The molecule has 0 fully saturated rings. The van der Waals surface area contributed by atoms with Crippen molar-refractivity contribution in [2.24, 2.45) is 5.92 Å². The fourth-order valence-electron chi connectivity index (χ4n) is 1.24. The third-order valence-corrected chi connectivity index (χ3v) is 2.49. The van der Waals surface area contributed by atoms with E-state index >= 15 is 0 Å². The fourth-order valence-corrected chi connectivity index (χ4v) is 1.47. The van der Waals surface area contributed by atoms with Crippen molar-refractivity contribution in [3.8, 4) is 0 Å². The summed E-state index contributed by atoms with van der Waals surface area (Å²) >= 11 is 4.18. The summed E-state index contributed by atoms with van der Waals surface area (Å²) < 4.78 is 0. The third kappa shape index (κ3) is 5.16. The average Bonchev–Trinajstić information content (AvgIpc) is 1.99. The zero-order valence-corrected chi connectivity index (χ0v) is 8.16. The molecule has 10 heavy (non-hydrogen) atoms. The van der Waals surface area contributed by atoms with Crippen LogP contribution in [0, 0.1) is 5.92 Å². The molecule has 0 saturated heterocycles. The predicted octanol–water partition coefficient (Wildman–Crippen LogP) is 3.52. The molecule has 0 amide bonds. The van der Waals surface area contributed by atoms with Gasteiger partial charge in [0.25, 0.3) is 0 Å². The Labute approximate surface area is 70.8 Å².